The van der Waals surface area contributed by atoms with Gasteiger partial charge in [0, 0.05) is 0 Å². The fourth-order valence-corrected chi connectivity index (χ4v) is 2.37. The van der Waals surface area contributed by atoms with Crippen molar-refractivity contribution in [2.24, 2.45) is 5.92 Å². The Bertz CT molecular complexity index is 337. The second-order valence-electron chi connectivity index (χ2n) is 2.56. The van der Waals surface area contributed by atoms with Crippen LogP contribution in [0.4, 0.5) is 13.2 Å². The maximum atomic E-state index is 12.1. The molecule has 0 aromatic carbocycles. The molecule has 7 heteroatoms. The van der Waals surface area contributed by atoms with Crippen molar-refractivity contribution in [2.45, 2.75) is 12.3 Å². The van der Waals surface area contributed by atoms with E-state index < -0.39 is 34.1 Å². The highest BCUT2D eigenvalue weighted by Gasteiger charge is 2.53. The molecular formula is C6H5F3O3S. The van der Waals surface area contributed by atoms with Gasteiger partial charge < -0.3 is 0 Å². The maximum Gasteiger partial charge on any atom is 0.396 e. The van der Waals surface area contributed by atoms with Crippen molar-refractivity contribution in [3.63, 3.8) is 0 Å². The lowest BCUT2D eigenvalue weighted by molar-refractivity contribution is -0.176. The molecule has 0 bridgehead atoms. The summed E-state index contributed by atoms with van der Waals surface area (Å²) in [7, 11) is -4.10. The second kappa shape index (κ2) is 2.89. The van der Waals surface area contributed by atoms with E-state index in [0.717, 1.165) is 0 Å². The van der Waals surface area contributed by atoms with Crippen molar-refractivity contribution in [2.75, 3.05) is 5.75 Å². The van der Waals surface area contributed by atoms with Crippen molar-refractivity contribution in [1.29, 1.82) is 0 Å². The van der Waals surface area contributed by atoms with E-state index >= 15 is 0 Å². The number of terminal acetylenes is 1. The van der Waals surface area contributed by atoms with Crippen molar-refractivity contribution >= 4 is 10.1 Å². The van der Waals surface area contributed by atoms with Crippen molar-refractivity contribution in [3.8, 4) is 12.3 Å². The van der Waals surface area contributed by atoms with Crippen molar-refractivity contribution < 1.29 is 25.8 Å². The highest BCUT2D eigenvalue weighted by atomic mass is 32.2. The first-order chi connectivity index (χ1) is 5.76. The van der Waals surface area contributed by atoms with Crippen LogP contribution in [0.15, 0.2) is 0 Å². The summed E-state index contributed by atoms with van der Waals surface area (Å²) in [5.74, 6) is -1.55. The van der Waals surface area contributed by atoms with Gasteiger partial charge in [-0.3, -0.25) is 4.18 Å². The van der Waals surface area contributed by atoms with Crippen LogP contribution in [0.1, 0.15) is 0 Å². The van der Waals surface area contributed by atoms with Crippen LogP contribution in [0.3, 0.4) is 0 Å². The van der Waals surface area contributed by atoms with Crippen LogP contribution in [0, 0.1) is 18.3 Å². The summed E-state index contributed by atoms with van der Waals surface area (Å²) in [4.78, 5) is 0. The van der Waals surface area contributed by atoms with Crippen molar-refractivity contribution in [3.05, 3.63) is 0 Å². The number of halogens is 3. The molecule has 1 saturated heterocycles. The van der Waals surface area contributed by atoms with Crippen LogP contribution in [0.2, 0.25) is 0 Å². The van der Waals surface area contributed by atoms with Gasteiger partial charge in [-0.15, -0.1) is 6.42 Å². The molecule has 0 aromatic rings. The summed E-state index contributed by atoms with van der Waals surface area (Å²) in [6, 6.07) is 0. The summed E-state index contributed by atoms with van der Waals surface area (Å²) in [6.07, 6.45) is -1.65. The summed E-state index contributed by atoms with van der Waals surface area (Å²) in [5.41, 5.74) is 0. The first-order valence-electron chi connectivity index (χ1n) is 3.20. The number of hydrogen-bond donors (Lipinski definition) is 0. The highest BCUT2D eigenvalue weighted by molar-refractivity contribution is 7.87. The quantitative estimate of drug-likeness (QED) is 0.436. The van der Waals surface area contributed by atoms with Gasteiger partial charge in [-0.2, -0.15) is 21.6 Å². The molecule has 0 aliphatic carbocycles. The van der Waals surface area contributed by atoms with Crippen LogP contribution in [-0.2, 0) is 14.3 Å². The predicted octanol–water partition coefficient (Wildman–Crippen LogP) is 0.527. The minimum Gasteiger partial charge on any atom is -0.253 e. The molecular weight excluding hydrogens is 209 g/mol. The average molecular weight is 214 g/mol. The molecule has 1 fully saturated rings. The Labute approximate surface area is 73.0 Å². The Morgan fingerprint density at radius 1 is 1.46 bits per heavy atom. The zero-order chi connectivity index (χ0) is 10.3. The van der Waals surface area contributed by atoms with Gasteiger partial charge in [0.15, 0.2) is 0 Å². The smallest absolute Gasteiger partial charge is 0.253 e. The predicted molar refractivity (Wildman–Crippen MR) is 37.0 cm³/mol. The Morgan fingerprint density at radius 3 is 2.31 bits per heavy atom. The van der Waals surface area contributed by atoms with Gasteiger partial charge in [0.25, 0.3) is 10.1 Å². The molecule has 13 heavy (non-hydrogen) atoms. The molecule has 74 valence electrons. The van der Waals surface area contributed by atoms with E-state index in [4.69, 9.17) is 6.42 Å². The second-order valence-corrected chi connectivity index (χ2v) is 4.20. The van der Waals surface area contributed by atoms with Gasteiger partial charge in [0.1, 0.15) is 12.0 Å². The van der Waals surface area contributed by atoms with E-state index in [-0.39, 0.29) is 0 Å². The molecule has 0 saturated carbocycles. The molecule has 1 aliphatic heterocycles. The van der Waals surface area contributed by atoms with Gasteiger partial charge >= 0.3 is 6.18 Å². The first kappa shape index (κ1) is 10.3. The largest absolute Gasteiger partial charge is 0.396 e. The lowest BCUT2D eigenvalue weighted by atomic mass is 10.1. The highest BCUT2D eigenvalue weighted by Crippen LogP contribution is 2.36. The van der Waals surface area contributed by atoms with Crippen LogP contribution >= 0.6 is 0 Å². The summed E-state index contributed by atoms with van der Waals surface area (Å²) in [6.45, 7) is 0. The van der Waals surface area contributed by atoms with Crippen LogP contribution in [0.5, 0.6) is 0 Å². The van der Waals surface area contributed by atoms with E-state index in [9.17, 15) is 21.6 Å². The molecule has 1 rings (SSSR count). The van der Waals surface area contributed by atoms with E-state index in [1.54, 1.807) is 5.92 Å². The summed E-state index contributed by atoms with van der Waals surface area (Å²) >= 11 is 0. The monoisotopic (exact) mass is 214 g/mol. The van der Waals surface area contributed by atoms with Gasteiger partial charge in [0.2, 0.25) is 0 Å². The third kappa shape index (κ3) is 2.14. The van der Waals surface area contributed by atoms with Crippen LogP contribution in [0.25, 0.3) is 0 Å². The zero-order valence-corrected chi connectivity index (χ0v) is 7.02. The molecule has 0 radical (unpaired) electrons. The maximum absolute atomic E-state index is 12.1. The third-order valence-electron chi connectivity index (χ3n) is 1.58. The molecule has 2 atom stereocenters. The van der Waals surface area contributed by atoms with Crippen molar-refractivity contribution in [1.82, 2.24) is 0 Å². The molecule has 1 aliphatic rings. The minimum absolute atomic E-state index is 1.09. The Morgan fingerprint density at radius 2 is 2.00 bits per heavy atom. The lowest BCUT2D eigenvalue weighted by Gasteiger charge is -2.14. The summed E-state index contributed by atoms with van der Waals surface area (Å²) < 4.78 is 61.6. The number of alkyl halides is 3. The Kier molecular flexibility index (Phi) is 2.30. The molecule has 0 amide bonds. The van der Waals surface area contributed by atoms with Crippen LogP contribution in [-0.4, -0.2) is 26.5 Å². The van der Waals surface area contributed by atoms with E-state index in [1.807, 2.05) is 0 Å². The average Bonchev–Trinajstić information content (AvgIpc) is 2.24. The first-order valence-corrected chi connectivity index (χ1v) is 4.78. The van der Waals surface area contributed by atoms with E-state index in [0.29, 0.717) is 0 Å². The van der Waals surface area contributed by atoms with E-state index in [1.165, 1.54) is 0 Å². The van der Waals surface area contributed by atoms with Gasteiger partial charge in [-0.1, -0.05) is 5.92 Å². The Balaban J connectivity index is 2.96. The van der Waals surface area contributed by atoms with E-state index in [2.05, 4.69) is 4.18 Å². The topological polar surface area (TPSA) is 43.4 Å². The summed E-state index contributed by atoms with van der Waals surface area (Å²) in [5, 5.41) is 0. The SMILES string of the molecule is C#CC1OS(=O)(=O)CC1C(F)(F)F. The molecule has 2 unspecified atom stereocenters. The third-order valence-corrected chi connectivity index (χ3v) is 2.85. The lowest BCUT2D eigenvalue weighted by Crippen LogP contribution is -2.31. The molecule has 0 N–H and O–H groups in total. The Hall–Kier alpha value is -0.740. The normalized spacial score (nSPS) is 32.8. The van der Waals surface area contributed by atoms with Crippen LogP contribution < -0.4 is 0 Å². The van der Waals surface area contributed by atoms with Gasteiger partial charge in [-0.05, 0) is 0 Å². The van der Waals surface area contributed by atoms with Gasteiger partial charge in [-0.25, -0.2) is 0 Å². The molecule has 0 aromatic heterocycles. The molecule has 0 spiro atoms. The fraction of sp³-hybridized carbons (Fsp3) is 0.667. The van der Waals surface area contributed by atoms with Gasteiger partial charge in [0.05, 0.1) is 5.75 Å². The number of rotatable bonds is 0. The zero-order valence-electron chi connectivity index (χ0n) is 6.21. The molecule has 3 nitrogen and oxygen atoms in total. The number of hydrogen-bond acceptors (Lipinski definition) is 3. The fourth-order valence-electron chi connectivity index (χ4n) is 0.982. The minimum atomic E-state index is -4.64. The standard InChI is InChI=1S/C6H5F3O3S/c1-2-5-4(6(7,8)9)3-13(10,11)12-5/h1,4-5H,3H2. The molecule has 1 heterocycles.